The number of rotatable bonds is 5. The second-order valence-corrected chi connectivity index (χ2v) is 3.59. The molecule has 0 saturated heterocycles. The molecule has 2 rings (SSSR count). The number of aromatic nitrogens is 4. The molecule has 2 aromatic rings. The maximum atomic E-state index is 11.6. The highest BCUT2D eigenvalue weighted by Crippen LogP contribution is 2.07. The lowest BCUT2D eigenvalue weighted by atomic mass is 10.4. The van der Waals surface area contributed by atoms with Gasteiger partial charge < -0.3 is 15.2 Å². The summed E-state index contributed by atoms with van der Waals surface area (Å²) < 4.78 is 0. The molecule has 2 heterocycles. The Labute approximate surface area is 101 Å². The van der Waals surface area contributed by atoms with Gasteiger partial charge in [-0.2, -0.15) is 4.98 Å². The van der Waals surface area contributed by atoms with Crippen molar-refractivity contribution in [3.8, 4) is 0 Å². The minimum Gasteiger partial charge on any atom is -0.368 e. The molecule has 0 amide bonds. The van der Waals surface area contributed by atoms with E-state index in [4.69, 9.17) is 15.1 Å². The van der Waals surface area contributed by atoms with Crippen LogP contribution in [0.1, 0.15) is 6.42 Å². The second-order valence-electron chi connectivity index (χ2n) is 3.59. The van der Waals surface area contributed by atoms with Gasteiger partial charge in [-0.05, 0) is 0 Å². The first-order valence-corrected chi connectivity index (χ1v) is 5.24. The van der Waals surface area contributed by atoms with E-state index in [1.807, 2.05) is 0 Å². The molecule has 4 N–H and O–H groups in total. The zero-order valence-electron chi connectivity index (χ0n) is 9.62. The fourth-order valence-electron chi connectivity index (χ4n) is 1.34. The minimum atomic E-state index is -1.43. The number of aromatic amines is 2. The van der Waals surface area contributed by atoms with E-state index in [9.17, 15) is 4.79 Å². The van der Waals surface area contributed by atoms with Gasteiger partial charge in [0.2, 0.25) is 5.95 Å². The zero-order chi connectivity index (χ0) is 13.1. The fourth-order valence-corrected chi connectivity index (χ4v) is 1.34. The van der Waals surface area contributed by atoms with Crippen molar-refractivity contribution >= 4 is 17.1 Å². The van der Waals surface area contributed by atoms with Crippen molar-refractivity contribution < 1.29 is 15.1 Å². The summed E-state index contributed by atoms with van der Waals surface area (Å²) in [6.45, 7) is 0.0798. The van der Waals surface area contributed by atoms with Crippen LogP contribution in [0.4, 0.5) is 5.95 Å². The Kier molecular flexibility index (Phi) is 3.55. The van der Waals surface area contributed by atoms with Gasteiger partial charge in [0.15, 0.2) is 17.5 Å². The van der Waals surface area contributed by atoms with Gasteiger partial charge in [-0.1, -0.05) is 0 Å². The smallest absolute Gasteiger partial charge is 0.278 e. The lowest BCUT2D eigenvalue weighted by Gasteiger charge is -2.16. The maximum Gasteiger partial charge on any atom is 0.278 e. The van der Waals surface area contributed by atoms with Crippen LogP contribution in [-0.2, 0) is 4.84 Å². The van der Waals surface area contributed by atoms with Crippen molar-refractivity contribution in [2.24, 2.45) is 0 Å². The summed E-state index contributed by atoms with van der Waals surface area (Å²) in [5.41, 5.74) is 0.217. The van der Waals surface area contributed by atoms with E-state index in [1.54, 1.807) is 7.05 Å². The Bertz CT molecular complexity index is 578. The van der Waals surface area contributed by atoms with Crippen LogP contribution >= 0.6 is 0 Å². The Morgan fingerprint density at radius 3 is 3.06 bits per heavy atom. The number of hydrogen-bond acceptors (Lipinski definition) is 7. The number of hydrogen-bond donors (Lipinski definition) is 4. The molecular weight excluding hydrogens is 242 g/mol. The van der Waals surface area contributed by atoms with E-state index >= 15 is 0 Å². The molecule has 0 saturated carbocycles. The summed E-state index contributed by atoms with van der Waals surface area (Å²) in [5.74, 6) is 0.187. The molecular formula is C9H13N5O4. The molecule has 0 aromatic carbocycles. The SMILES string of the molecule is CN(OCCC(O)O)c1nc2nc[nH]c2c(=O)[nH]1. The number of H-pyrrole nitrogens is 2. The summed E-state index contributed by atoms with van der Waals surface area (Å²) in [6, 6.07) is 0. The van der Waals surface area contributed by atoms with Gasteiger partial charge in [0, 0.05) is 13.5 Å². The van der Waals surface area contributed by atoms with Crippen molar-refractivity contribution in [3.05, 3.63) is 16.7 Å². The second kappa shape index (κ2) is 5.12. The van der Waals surface area contributed by atoms with Crippen LogP contribution in [0.15, 0.2) is 11.1 Å². The number of nitrogens with zero attached hydrogens (tertiary/aromatic N) is 3. The summed E-state index contributed by atoms with van der Waals surface area (Å²) in [7, 11) is 1.54. The molecule has 0 aliphatic carbocycles. The molecule has 2 aromatic heterocycles. The van der Waals surface area contributed by atoms with E-state index < -0.39 is 6.29 Å². The first-order valence-electron chi connectivity index (χ1n) is 5.24. The van der Waals surface area contributed by atoms with Crippen LogP contribution in [0.3, 0.4) is 0 Å². The zero-order valence-corrected chi connectivity index (χ0v) is 9.62. The molecule has 0 radical (unpaired) electrons. The lowest BCUT2D eigenvalue weighted by Crippen LogP contribution is -2.25. The molecule has 0 atom stereocenters. The van der Waals surface area contributed by atoms with Gasteiger partial charge in [0.05, 0.1) is 12.9 Å². The van der Waals surface area contributed by atoms with Crippen molar-refractivity contribution in [2.45, 2.75) is 12.7 Å². The average molecular weight is 255 g/mol. The fraction of sp³-hybridized carbons (Fsp3) is 0.444. The van der Waals surface area contributed by atoms with Crippen LogP contribution < -0.4 is 10.6 Å². The predicted octanol–water partition coefficient (Wildman–Crippen LogP) is -1.29. The molecule has 18 heavy (non-hydrogen) atoms. The van der Waals surface area contributed by atoms with Gasteiger partial charge in [-0.15, -0.1) is 0 Å². The third kappa shape index (κ3) is 2.64. The van der Waals surface area contributed by atoms with Crippen molar-refractivity contribution in [1.82, 2.24) is 19.9 Å². The summed E-state index contributed by atoms with van der Waals surface area (Å²) in [4.78, 5) is 29.9. The summed E-state index contributed by atoms with van der Waals surface area (Å²) in [6.07, 6.45) is -0.00182. The first kappa shape index (κ1) is 12.5. The Balaban J connectivity index is 2.12. The topological polar surface area (TPSA) is 127 Å². The first-order chi connectivity index (χ1) is 8.58. The highest BCUT2D eigenvalue weighted by molar-refractivity contribution is 5.69. The highest BCUT2D eigenvalue weighted by atomic mass is 16.7. The third-order valence-electron chi connectivity index (χ3n) is 2.24. The number of aliphatic hydroxyl groups is 2. The van der Waals surface area contributed by atoms with Crippen molar-refractivity contribution in [2.75, 3.05) is 18.7 Å². The van der Waals surface area contributed by atoms with Gasteiger partial charge in [0.1, 0.15) is 0 Å². The van der Waals surface area contributed by atoms with Crippen LogP contribution in [0, 0.1) is 0 Å². The van der Waals surface area contributed by atoms with Crippen LogP contribution in [0.5, 0.6) is 0 Å². The summed E-state index contributed by atoms with van der Waals surface area (Å²) in [5, 5.41) is 18.6. The molecule has 0 aliphatic heterocycles. The van der Waals surface area contributed by atoms with Gasteiger partial charge in [-0.3, -0.25) is 14.6 Å². The van der Waals surface area contributed by atoms with E-state index in [1.165, 1.54) is 11.4 Å². The largest absolute Gasteiger partial charge is 0.368 e. The number of nitrogens with one attached hydrogen (secondary N) is 2. The van der Waals surface area contributed by atoms with E-state index in [-0.39, 0.29) is 35.7 Å². The van der Waals surface area contributed by atoms with Crippen LogP contribution in [0.2, 0.25) is 0 Å². The quantitative estimate of drug-likeness (QED) is 0.387. The molecule has 9 nitrogen and oxygen atoms in total. The van der Waals surface area contributed by atoms with Crippen molar-refractivity contribution in [1.29, 1.82) is 0 Å². The monoisotopic (exact) mass is 255 g/mol. The molecule has 98 valence electrons. The molecule has 0 fully saturated rings. The number of aliphatic hydroxyl groups excluding tert-OH is 1. The van der Waals surface area contributed by atoms with Crippen LogP contribution in [-0.4, -0.2) is 50.1 Å². The molecule has 0 unspecified atom stereocenters. The number of fused-ring (bicyclic) bond motifs is 1. The standard InChI is InChI=1S/C9H13N5O4/c1-14(18-3-2-5(15)16)9-12-7-6(8(17)13-9)10-4-11-7/h4-5,15-16H,2-3H2,1H3,(H2,10,11,12,13,17). The number of anilines is 1. The number of imidazole rings is 1. The molecule has 0 aliphatic rings. The minimum absolute atomic E-state index is 0.0548. The van der Waals surface area contributed by atoms with E-state index in [0.717, 1.165) is 0 Å². The average Bonchev–Trinajstić information content (AvgIpc) is 2.76. The Morgan fingerprint density at radius 1 is 1.56 bits per heavy atom. The van der Waals surface area contributed by atoms with Gasteiger partial charge >= 0.3 is 0 Å². The third-order valence-corrected chi connectivity index (χ3v) is 2.24. The molecule has 0 bridgehead atoms. The van der Waals surface area contributed by atoms with Gasteiger partial charge in [-0.25, -0.2) is 10.0 Å². The van der Waals surface area contributed by atoms with E-state index in [0.29, 0.717) is 0 Å². The molecule has 9 heteroatoms. The Hall–Kier alpha value is -1.97. The predicted molar refractivity (Wildman–Crippen MR) is 61.7 cm³/mol. The van der Waals surface area contributed by atoms with E-state index in [2.05, 4.69) is 19.9 Å². The normalized spacial score (nSPS) is 11.3. The molecule has 0 spiro atoms. The Morgan fingerprint density at radius 2 is 2.33 bits per heavy atom. The van der Waals surface area contributed by atoms with Crippen molar-refractivity contribution in [3.63, 3.8) is 0 Å². The maximum absolute atomic E-state index is 11.6. The van der Waals surface area contributed by atoms with Gasteiger partial charge in [0.25, 0.3) is 5.56 Å². The van der Waals surface area contributed by atoms with Crippen LogP contribution in [0.25, 0.3) is 11.2 Å². The summed E-state index contributed by atoms with van der Waals surface area (Å²) >= 11 is 0. The lowest BCUT2D eigenvalue weighted by molar-refractivity contribution is -0.0623. The number of hydroxylamine groups is 1. The highest BCUT2D eigenvalue weighted by Gasteiger charge is 2.10.